The highest BCUT2D eigenvalue weighted by Crippen LogP contribution is 2.15. The number of hydrogen-bond acceptors (Lipinski definition) is 5. The van der Waals surface area contributed by atoms with Crippen molar-refractivity contribution in [3.05, 3.63) is 34.3 Å². The molecule has 22 heavy (non-hydrogen) atoms. The standard InChI is InChI=1S/C14H20BrN3O3S/c1-2-22-8-7-11(16)12(19)14(21)18-17-13(20)9-5-3-4-6-10(9)15/h3-6,11-12,19H,2,7-8,16H2,1H3,(H,17,20)(H,18,21)/t11-,12?/m1/s1. The summed E-state index contributed by atoms with van der Waals surface area (Å²) in [6.45, 7) is 2.02. The predicted octanol–water partition coefficient (Wildman–Crippen LogP) is 1.04. The van der Waals surface area contributed by atoms with Gasteiger partial charge in [-0.3, -0.25) is 20.4 Å². The number of carbonyl (C=O) groups excluding carboxylic acids is 2. The lowest BCUT2D eigenvalue weighted by molar-refractivity contribution is -0.131. The number of nitrogens with one attached hydrogen (secondary N) is 2. The Bertz CT molecular complexity index is 516. The summed E-state index contributed by atoms with van der Waals surface area (Å²) in [5.41, 5.74) is 10.6. The van der Waals surface area contributed by atoms with Crippen LogP contribution in [-0.2, 0) is 4.79 Å². The second-order valence-electron chi connectivity index (χ2n) is 4.52. The number of rotatable bonds is 7. The van der Waals surface area contributed by atoms with Crippen molar-refractivity contribution in [3.63, 3.8) is 0 Å². The van der Waals surface area contributed by atoms with E-state index in [1.54, 1.807) is 36.0 Å². The molecule has 1 aromatic rings. The molecule has 8 heteroatoms. The van der Waals surface area contributed by atoms with Crippen molar-refractivity contribution in [2.75, 3.05) is 11.5 Å². The van der Waals surface area contributed by atoms with Crippen molar-refractivity contribution < 1.29 is 14.7 Å². The smallest absolute Gasteiger partial charge is 0.270 e. The molecule has 0 aliphatic carbocycles. The summed E-state index contributed by atoms with van der Waals surface area (Å²) >= 11 is 4.93. The summed E-state index contributed by atoms with van der Waals surface area (Å²) in [5, 5.41) is 9.82. The van der Waals surface area contributed by atoms with Crippen LogP contribution in [0.2, 0.25) is 0 Å². The van der Waals surface area contributed by atoms with Crippen LogP contribution in [0.4, 0.5) is 0 Å². The molecule has 0 aliphatic rings. The maximum Gasteiger partial charge on any atom is 0.270 e. The van der Waals surface area contributed by atoms with E-state index in [9.17, 15) is 14.7 Å². The van der Waals surface area contributed by atoms with Crippen molar-refractivity contribution in [2.24, 2.45) is 5.73 Å². The summed E-state index contributed by atoms with van der Waals surface area (Å²) < 4.78 is 0.607. The molecule has 0 fully saturated rings. The normalized spacial score (nSPS) is 13.3. The molecule has 6 nitrogen and oxygen atoms in total. The molecule has 1 rings (SSSR count). The van der Waals surface area contributed by atoms with E-state index in [1.807, 2.05) is 6.92 Å². The van der Waals surface area contributed by atoms with E-state index >= 15 is 0 Å². The van der Waals surface area contributed by atoms with Crippen LogP contribution in [0.25, 0.3) is 0 Å². The van der Waals surface area contributed by atoms with Crippen LogP contribution < -0.4 is 16.6 Å². The van der Waals surface area contributed by atoms with Crippen LogP contribution >= 0.6 is 27.7 Å². The Balaban J connectivity index is 2.45. The number of aliphatic hydroxyl groups excluding tert-OH is 1. The minimum atomic E-state index is -1.36. The van der Waals surface area contributed by atoms with Gasteiger partial charge in [0.1, 0.15) is 6.10 Å². The highest BCUT2D eigenvalue weighted by Gasteiger charge is 2.23. The molecular formula is C14H20BrN3O3S. The van der Waals surface area contributed by atoms with Gasteiger partial charge in [0, 0.05) is 10.5 Å². The van der Waals surface area contributed by atoms with E-state index in [0.29, 0.717) is 16.5 Å². The van der Waals surface area contributed by atoms with E-state index in [1.165, 1.54) is 0 Å². The fraction of sp³-hybridized carbons (Fsp3) is 0.429. The van der Waals surface area contributed by atoms with Crippen molar-refractivity contribution in [1.82, 2.24) is 10.9 Å². The number of aliphatic hydroxyl groups is 1. The molecule has 1 unspecified atom stereocenters. The molecular weight excluding hydrogens is 370 g/mol. The van der Waals surface area contributed by atoms with Gasteiger partial charge in [-0.05, 0) is 46.0 Å². The third kappa shape index (κ3) is 5.96. The fourth-order valence-electron chi connectivity index (χ4n) is 1.62. The number of hydrogen-bond donors (Lipinski definition) is 4. The number of nitrogens with two attached hydrogens (primary N) is 1. The Morgan fingerprint density at radius 1 is 1.36 bits per heavy atom. The maximum absolute atomic E-state index is 11.9. The lowest BCUT2D eigenvalue weighted by Crippen LogP contribution is -2.52. The first-order valence-electron chi connectivity index (χ1n) is 6.83. The monoisotopic (exact) mass is 389 g/mol. The average molecular weight is 390 g/mol. The third-order valence-electron chi connectivity index (χ3n) is 2.89. The summed E-state index contributed by atoms with van der Waals surface area (Å²) in [4.78, 5) is 23.7. The zero-order chi connectivity index (χ0) is 16.5. The highest BCUT2D eigenvalue weighted by atomic mass is 79.9. The predicted molar refractivity (Wildman–Crippen MR) is 91.3 cm³/mol. The first kappa shape index (κ1) is 19.0. The van der Waals surface area contributed by atoms with Crippen LogP contribution in [-0.4, -0.2) is 40.6 Å². The van der Waals surface area contributed by atoms with Crippen molar-refractivity contribution in [3.8, 4) is 0 Å². The number of amides is 2. The molecule has 0 spiro atoms. The van der Waals surface area contributed by atoms with Gasteiger partial charge >= 0.3 is 0 Å². The minimum Gasteiger partial charge on any atom is -0.382 e. The fourth-order valence-corrected chi connectivity index (χ4v) is 2.81. The number of halogens is 1. The summed E-state index contributed by atoms with van der Waals surface area (Å²) in [5.74, 6) is 0.514. The number of carbonyl (C=O) groups is 2. The van der Waals surface area contributed by atoms with E-state index in [-0.39, 0.29) is 0 Å². The van der Waals surface area contributed by atoms with Gasteiger partial charge in [-0.2, -0.15) is 11.8 Å². The van der Waals surface area contributed by atoms with Crippen molar-refractivity contribution in [1.29, 1.82) is 0 Å². The van der Waals surface area contributed by atoms with Crippen LogP contribution in [0.3, 0.4) is 0 Å². The number of hydrazine groups is 1. The third-order valence-corrected chi connectivity index (χ3v) is 4.52. The highest BCUT2D eigenvalue weighted by molar-refractivity contribution is 9.10. The van der Waals surface area contributed by atoms with Gasteiger partial charge in [0.25, 0.3) is 11.8 Å². The largest absolute Gasteiger partial charge is 0.382 e. The maximum atomic E-state index is 11.9. The van der Waals surface area contributed by atoms with Gasteiger partial charge in [0.05, 0.1) is 5.56 Å². The lowest BCUT2D eigenvalue weighted by atomic mass is 10.1. The molecule has 0 saturated heterocycles. The molecule has 0 saturated carbocycles. The van der Waals surface area contributed by atoms with Gasteiger partial charge in [-0.25, -0.2) is 0 Å². The minimum absolute atomic E-state index is 0.376. The first-order valence-corrected chi connectivity index (χ1v) is 8.78. The SMILES string of the molecule is CCSCC[C@@H](N)C(O)C(=O)NNC(=O)c1ccccc1Br. The van der Waals surface area contributed by atoms with Gasteiger partial charge in [-0.15, -0.1) is 0 Å². The molecule has 2 amide bonds. The molecule has 0 heterocycles. The Morgan fingerprint density at radius 3 is 2.68 bits per heavy atom. The molecule has 1 aromatic carbocycles. The molecule has 0 radical (unpaired) electrons. The molecule has 0 aliphatic heterocycles. The van der Waals surface area contributed by atoms with Crippen molar-refractivity contribution >= 4 is 39.5 Å². The van der Waals surface area contributed by atoms with Crippen LogP contribution in [0.1, 0.15) is 23.7 Å². The second-order valence-corrected chi connectivity index (χ2v) is 6.77. The summed E-state index contributed by atoms with van der Waals surface area (Å²) in [6.07, 6.45) is -0.845. The molecule has 0 aromatic heterocycles. The zero-order valence-electron chi connectivity index (χ0n) is 12.2. The van der Waals surface area contributed by atoms with E-state index < -0.39 is 24.0 Å². The van der Waals surface area contributed by atoms with E-state index in [0.717, 1.165) is 11.5 Å². The first-order chi connectivity index (χ1) is 10.5. The Labute approximate surface area is 142 Å². The quantitative estimate of drug-likeness (QED) is 0.412. The molecule has 0 bridgehead atoms. The van der Waals surface area contributed by atoms with E-state index in [2.05, 4.69) is 26.8 Å². The molecule has 5 N–H and O–H groups in total. The zero-order valence-corrected chi connectivity index (χ0v) is 14.6. The van der Waals surface area contributed by atoms with E-state index in [4.69, 9.17) is 5.73 Å². The Kier molecular flexibility index (Phi) is 8.47. The molecule has 2 atom stereocenters. The summed E-state index contributed by atoms with van der Waals surface area (Å²) in [7, 11) is 0. The van der Waals surface area contributed by atoms with Gasteiger partial charge in [-0.1, -0.05) is 19.1 Å². The van der Waals surface area contributed by atoms with Crippen LogP contribution in [0.15, 0.2) is 28.7 Å². The van der Waals surface area contributed by atoms with Crippen molar-refractivity contribution in [2.45, 2.75) is 25.5 Å². The second kappa shape index (κ2) is 9.83. The Morgan fingerprint density at radius 2 is 2.05 bits per heavy atom. The Hall–Kier alpha value is -1.09. The number of benzene rings is 1. The van der Waals surface area contributed by atoms with Gasteiger partial charge in [0.2, 0.25) is 0 Å². The van der Waals surface area contributed by atoms with Gasteiger partial charge in [0.15, 0.2) is 0 Å². The van der Waals surface area contributed by atoms with Crippen LogP contribution in [0.5, 0.6) is 0 Å². The van der Waals surface area contributed by atoms with Crippen LogP contribution in [0, 0.1) is 0 Å². The lowest BCUT2D eigenvalue weighted by Gasteiger charge is -2.18. The number of thioether (sulfide) groups is 1. The average Bonchev–Trinajstić information content (AvgIpc) is 2.52. The topological polar surface area (TPSA) is 104 Å². The van der Waals surface area contributed by atoms with Gasteiger partial charge < -0.3 is 10.8 Å². The summed E-state index contributed by atoms with van der Waals surface area (Å²) in [6, 6.07) is 6.14. The molecule has 122 valence electrons.